The lowest BCUT2D eigenvalue weighted by atomic mass is 10.1. The molecule has 132 valence electrons. The fourth-order valence-electron chi connectivity index (χ4n) is 2.12. The van der Waals surface area contributed by atoms with E-state index >= 15 is 0 Å². The molecule has 0 spiro atoms. The summed E-state index contributed by atoms with van der Waals surface area (Å²) in [5.41, 5.74) is 1.25. The standard InChI is InChI=1S/C19H21ClN2O3/c1-12(2)11-21-18(23)14-7-8-16(20)17(10-14)22-19(24)13-5-4-6-15(9-13)25-3/h4-10,12H,11H2,1-3H3,(H,21,23)(H,22,24). The van der Waals surface area contributed by atoms with Gasteiger partial charge in [0, 0.05) is 17.7 Å². The second kappa shape index (κ2) is 8.53. The maximum Gasteiger partial charge on any atom is 0.255 e. The van der Waals surface area contributed by atoms with Gasteiger partial charge in [-0.05, 0) is 42.3 Å². The number of carbonyl (C=O) groups is 2. The summed E-state index contributed by atoms with van der Waals surface area (Å²) in [4.78, 5) is 24.6. The number of benzene rings is 2. The molecule has 25 heavy (non-hydrogen) atoms. The van der Waals surface area contributed by atoms with Crippen molar-refractivity contribution in [2.24, 2.45) is 5.92 Å². The summed E-state index contributed by atoms with van der Waals surface area (Å²) in [6.07, 6.45) is 0. The van der Waals surface area contributed by atoms with Crippen LogP contribution in [-0.2, 0) is 0 Å². The minimum Gasteiger partial charge on any atom is -0.497 e. The fourth-order valence-corrected chi connectivity index (χ4v) is 2.28. The summed E-state index contributed by atoms with van der Waals surface area (Å²) in [5, 5.41) is 5.92. The van der Waals surface area contributed by atoms with Crippen LogP contribution >= 0.6 is 11.6 Å². The quantitative estimate of drug-likeness (QED) is 0.818. The predicted molar refractivity (Wildman–Crippen MR) is 99.6 cm³/mol. The van der Waals surface area contributed by atoms with Crippen molar-refractivity contribution < 1.29 is 14.3 Å². The van der Waals surface area contributed by atoms with E-state index in [1.54, 1.807) is 42.5 Å². The highest BCUT2D eigenvalue weighted by Crippen LogP contribution is 2.24. The molecule has 6 heteroatoms. The van der Waals surface area contributed by atoms with Gasteiger partial charge in [-0.3, -0.25) is 9.59 Å². The summed E-state index contributed by atoms with van der Waals surface area (Å²) in [5.74, 6) is 0.395. The van der Waals surface area contributed by atoms with Crippen molar-refractivity contribution in [2.45, 2.75) is 13.8 Å². The van der Waals surface area contributed by atoms with Crippen LogP contribution < -0.4 is 15.4 Å². The molecule has 5 nitrogen and oxygen atoms in total. The summed E-state index contributed by atoms with van der Waals surface area (Å²) >= 11 is 6.15. The highest BCUT2D eigenvalue weighted by Gasteiger charge is 2.13. The number of hydrogen-bond donors (Lipinski definition) is 2. The number of anilines is 1. The van der Waals surface area contributed by atoms with E-state index in [2.05, 4.69) is 10.6 Å². The summed E-state index contributed by atoms with van der Waals surface area (Å²) in [7, 11) is 1.53. The molecule has 0 saturated heterocycles. The van der Waals surface area contributed by atoms with E-state index in [1.807, 2.05) is 13.8 Å². The van der Waals surface area contributed by atoms with E-state index in [-0.39, 0.29) is 11.8 Å². The third-order valence-corrected chi connectivity index (χ3v) is 3.81. The molecule has 2 aromatic carbocycles. The molecule has 0 radical (unpaired) electrons. The van der Waals surface area contributed by atoms with Crippen molar-refractivity contribution in [1.82, 2.24) is 5.32 Å². The van der Waals surface area contributed by atoms with E-state index in [0.29, 0.717) is 40.0 Å². The third kappa shape index (κ3) is 5.22. The lowest BCUT2D eigenvalue weighted by Gasteiger charge is -2.11. The number of hydrogen-bond acceptors (Lipinski definition) is 3. The zero-order valence-corrected chi connectivity index (χ0v) is 15.2. The second-order valence-corrected chi connectivity index (χ2v) is 6.39. The topological polar surface area (TPSA) is 67.4 Å². The Kier molecular flexibility index (Phi) is 6.42. The minimum absolute atomic E-state index is 0.206. The fraction of sp³-hybridized carbons (Fsp3) is 0.263. The molecule has 0 aliphatic heterocycles. The zero-order chi connectivity index (χ0) is 18.4. The average Bonchev–Trinajstić information content (AvgIpc) is 2.61. The van der Waals surface area contributed by atoms with Crippen molar-refractivity contribution in [2.75, 3.05) is 19.0 Å². The first-order chi connectivity index (χ1) is 11.9. The number of halogens is 1. The van der Waals surface area contributed by atoms with Gasteiger partial charge in [-0.25, -0.2) is 0 Å². The zero-order valence-electron chi connectivity index (χ0n) is 14.4. The number of nitrogens with one attached hydrogen (secondary N) is 2. The first-order valence-electron chi connectivity index (χ1n) is 7.94. The van der Waals surface area contributed by atoms with Crippen LogP contribution in [0.15, 0.2) is 42.5 Å². The third-order valence-electron chi connectivity index (χ3n) is 3.48. The molecule has 2 amide bonds. The van der Waals surface area contributed by atoms with E-state index in [0.717, 1.165) is 0 Å². The Morgan fingerprint density at radius 1 is 1.08 bits per heavy atom. The van der Waals surface area contributed by atoms with Crippen LogP contribution in [0.2, 0.25) is 5.02 Å². The SMILES string of the molecule is COc1cccc(C(=O)Nc2cc(C(=O)NCC(C)C)ccc2Cl)c1. The van der Waals surface area contributed by atoms with E-state index in [1.165, 1.54) is 7.11 Å². The van der Waals surface area contributed by atoms with Gasteiger partial charge < -0.3 is 15.4 Å². The van der Waals surface area contributed by atoms with Crippen LogP contribution in [0.3, 0.4) is 0 Å². The molecule has 0 aliphatic carbocycles. The molecule has 0 fully saturated rings. The van der Waals surface area contributed by atoms with Gasteiger partial charge in [0.15, 0.2) is 0 Å². The van der Waals surface area contributed by atoms with Gasteiger partial charge in [0.1, 0.15) is 5.75 Å². The Bertz CT molecular complexity index is 775. The summed E-state index contributed by atoms with van der Waals surface area (Å²) in [6.45, 7) is 4.61. The van der Waals surface area contributed by atoms with Crippen molar-refractivity contribution in [3.8, 4) is 5.75 Å². The van der Waals surface area contributed by atoms with Crippen LogP contribution in [-0.4, -0.2) is 25.5 Å². The Morgan fingerprint density at radius 3 is 2.48 bits per heavy atom. The Balaban J connectivity index is 2.16. The van der Waals surface area contributed by atoms with Crippen LogP contribution in [0.5, 0.6) is 5.75 Å². The number of carbonyl (C=O) groups excluding carboxylic acids is 2. The normalized spacial score (nSPS) is 10.4. The number of ether oxygens (including phenoxy) is 1. The van der Waals surface area contributed by atoms with Crippen molar-refractivity contribution in [3.05, 3.63) is 58.6 Å². The predicted octanol–water partition coefficient (Wildman–Crippen LogP) is 3.99. The van der Waals surface area contributed by atoms with Gasteiger partial charge in [-0.15, -0.1) is 0 Å². The molecule has 2 aromatic rings. The lowest BCUT2D eigenvalue weighted by molar-refractivity contribution is 0.0947. The maximum absolute atomic E-state index is 12.4. The molecule has 2 rings (SSSR count). The van der Waals surface area contributed by atoms with Gasteiger partial charge in [0.05, 0.1) is 17.8 Å². The van der Waals surface area contributed by atoms with Crippen LogP contribution in [0.25, 0.3) is 0 Å². The van der Waals surface area contributed by atoms with Crippen molar-refractivity contribution in [3.63, 3.8) is 0 Å². The second-order valence-electron chi connectivity index (χ2n) is 5.98. The minimum atomic E-state index is -0.333. The Hall–Kier alpha value is -2.53. The van der Waals surface area contributed by atoms with Gasteiger partial charge >= 0.3 is 0 Å². The average molecular weight is 361 g/mol. The van der Waals surface area contributed by atoms with Gasteiger partial charge in [0.2, 0.25) is 0 Å². The summed E-state index contributed by atoms with van der Waals surface area (Å²) < 4.78 is 5.12. The highest BCUT2D eigenvalue weighted by molar-refractivity contribution is 6.34. The molecule has 0 aromatic heterocycles. The van der Waals surface area contributed by atoms with E-state index in [4.69, 9.17) is 16.3 Å². The largest absolute Gasteiger partial charge is 0.497 e. The van der Waals surface area contributed by atoms with Gasteiger partial charge in [-0.1, -0.05) is 31.5 Å². The van der Waals surface area contributed by atoms with Gasteiger partial charge in [-0.2, -0.15) is 0 Å². The Morgan fingerprint density at radius 2 is 1.80 bits per heavy atom. The number of rotatable bonds is 6. The molecule has 0 saturated carbocycles. The first-order valence-corrected chi connectivity index (χ1v) is 8.31. The lowest BCUT2D eigenvalue weighted by Crippen LogP contribution is -2.27. The maximum atomic E-state index is 12.4. The molecule has 0 aliphatic rings. The van der Waals surface area contributed by atoms with Crippen molar-refractivity contribution >= 4 is 29.1 Å². The van der Waals surface area contributed by atoms with Gasteiger partial charge in [0.25, 0.3) is 11.8 Å². The molecular weight excluding hydrogens is 340 g/mol. The molecule has 0 heterocycles. The number of methoxy groups -OCH3 is 1. The molecular formula is C19H21ClN2O3. The molecule has 0 bridgehead atoms. The van der Waals surface area contributed by atoms with Crippen LogP contribution in [0, 0.1) is 5.92 Å². The summed E-state index contributed by atoms with van der Waals surface area (Å²) in [6, 6.07) is 11.6. The number of amides is 2. The monoisotopic (exact) mass is 360 g/mol. The molecule has 0 unspecified atom stereocenters. The van der Waals surface area contributed by atoms with E-state index in [9.17, 15) is 9.59 Å². The van der Waals surface area contributed by atoms with Crippen LogP contribution in [0.1, 0.15) is 34.6 Å². The molecule has 2 N–H and O–H groups in total. The Labute approximate surface area is 152 Å². The van der Waals surface area contributed by atoms with Crippen LogP contribution in [0.4, 0.5) is 5.69 Å². The first kappa shape index (κ1) is 18.8. The smallest absolute Gasteiger partial charge is 0.255 e. The van der Waals surface area contributed by atoms with Crippen molar-refractivity contribution in [1.29, 1.82) is 0 Å². The molecule has 0 atom stereocenters. The van der Waals surface area contributed by atoms with E-state index < -0.39 is 0 Å². The highest BCUT2D eigenvalue weighted by atomic mass is 35.5.